The molecule has 0 amide bonds. The lowest BCUT2D eigenvalue weighted by Gasteiger charge is -2.39. The second-order valence-electron chi connectivity index (χ2n) is 14.9. The van der Waals surface area contributed by atoms with Gasteiger partial charge in [-0.2, -0.15) is 10.5 Å². The Hall–Kier alpha value is -4.62. The summed E-state index contributed by atoms with van der Waals surface area (Å²) in [7, 11) is 0. The molecule has 2 fully saturated rings. The smallest absolute Gasteiger partial charge is 0.331 e. The monoisotopic (exact) mass is 776 g/mol. The predicted octanol–water partition coefficient (Wildman–Crippen LogP) is 12.1. The maximum absolute atomic E-state index is 12.6. The largest absolute Gasteiger partial charge is 0.480 e. The van der Waals surface area contributed by atoms with Crippen LogP contribution in [0.3, 0.4) is 0 Å². The van der Waals surface area contributed by atoms with E-state index in [1.807, 2.05) is 36.4 Å². The molecule has 6 rings (SSSR count). The highest BCUT2D eigenvalue weighted by Gasteiger charge is 2.52. The van der Waals surface area contributed by atoms with E-state index in [0.717, 1.165) is 66.3 Å². The first-order chi connectivity index (χ1) is 26.6. The van der Waals surface area contributed by atoms with Crippen LogP contribution in [0, 0.1) is 33.5 Å². The number of aryl methyl sites for hydroxylation is 2. The zero-order chi connectivity index (χ0) is 39.4. The number of carboxylic acids is 1. The fourth-order valence-electron chi connectivity index (χ4n) is 7.85. The van der Waals surface area contributed by atoms with Crippen molar-refractivity contribution in [2.45, 2.75) is 108 Å². The number of hydrogen-bond acceptors (Lipinski definition) is 5. The summed E-state index contributed by atoms with van der Waals surface area (Å²) >= 11 is 12.7. The van der Waals surface area contributed by atoms with Crippen molar-refractivity contribution >= 4 is 35.1 Å². The number of rotatable bonds is 11. The molecule has 0 aromatic heterocycles. The molecule has 286 valence electrons. The maximum Gasteiger partial charge on any atom is 0.331 e. The van der Waals surface area contributed by atoms with Crippen molar-refractivity contribution in [3.8, 4) is 40.1 Å². The number of carboxylic acid groups (broad SMARTS) is 1. The third-order valence-electron chi connectivity index (χ3n) is 11.1. The number of carbonyl (C=O) groups excluding carboxylic acids is 1. The Morgan fingerprint density at radius 1 is 0.727 bits per heavy atom. The van der Waals surface area contributed by atoms with Crippen LogP contribution in [0.4, 0.5) is 0 Å². The Morgan fingerprint density at radius 3 is 1.75 bits per heavy atom. The van der Waals surface area contributed by atoms with Crippen LogP contribution in [0.1, 0.15) is 101 Å². The zero-order valence-corrected chi connectivity index (χ0v) is 33.3. The Labute approximate surface area is 336 Å². The quantitative estimate of drug-likeness (QED) is 0.0922. The van der Waals surface area contributed by atoms with E-state index in [1.165, 1.54) is 24.0 Å². The molecular weight excluding hydrogens is 727 g/mol. The Kier molecular flexibility index (Phi) is 14.6. The van der Waals surface area contributed by atoms with Crippen LogP contribution in [0.25, 0.3) is 22.3 Å². The molecule has 2 aliphatic rings. The lowest BCUT2D eigenvalue weighted by molar-refractivity contribution is -0.148. The first-order valence-corrected chi connectivity index (χ1v) is 20.4. The summed E-state index contributed by atoms with van der Waals surface area (Å²) in [5.41, 5.74) is 5.31. The van der Waals surface area contributed by atoms with Crippen molar-refractivity contribution in [1.82, 2.24) is 0 Å². The van der Waals surface area contributed by atoms with Crippen molar-refractivity contribution < 1.29 is 19.4 Å². The summed E-state index contributed by atoms with van der Waals surface area (Å²) in [6, 6.07) is 36.6. The van der Waals surface area contributed by atoms with Gasteiger partial charge in [0, 0.05) is 16.7 Å². The lowest BCUT2D eigenvalue weighted by atomic mass is 9.64. The SMILES string of the molecule is CCCCc1ccc(-c2ccc(C3C(Cl)CCCC3(C#N)C(=O)O)cc2)cc1.CCCc1ccc(-c2ccc(OC(=O)C3(C#N)CCCC(Cl)C3)cc2)cc1. The van der Waals surface area contributed by atoms with Gasteiger partial charge in [0.2, 0.25) is 0 Å². The van der Waals surface area contributed by atoms with Crippen molar-refractivity contribution in [3.05, 3.63) is 114 Å². The number of hydrogen-bond donors (Lipinski definition) is 1. The molecule has 4 aromatic rings. The number of unbranched alkanes of at least 4 members (excludes halogenated alkanes) is 1. The van der Waals surface area contributed by atoms with Gasteiger partial charge < -0.3 is 9.84 Å². The first kappa shape index (κ1) is 41.5. The third-order valence-corrected chi connectivity index (χ3v) is 11.9. The van der Waals surface area contributed by atoms with Gasteiger partial charge in [-0.25, -0.2) is 4.79 Å². The Bertz CT molecular complexity index is 1970. The van der Waals surface area contributed by atoms with E-state index in [4.69, 9.17) is 27.9 Å². The number of alkyl halides is 2. The zero-order valence-electron chi connectivity index (χ0n) is 31.8. The second kappa shape index (κ2) is 19.3. The van der Waals surface area contributed by atoms with Crippen LogP contribution in [0.15, 0.2) is 97.1 Å². The number of nitrogens with zero attached hydrogens (tertiary/aromatic N) is 2. The topological polar surface area (TPSA) is 111 Å². The molecule has 4 aromatic carbocycles. The van der Waals surface area contributed by atoms with Gasteiger partial charge in [-0.15, -0.1) is 23.2 Å². The van der Waals surface area contributed by atoms with Crippen LogP contribution < -0.4 is 4.74 Å². The van der Waals surface area contributed by atoms with E-state index in [9.17, 15) is 25.2 Å². The fourth-order valence-corrected chi connectivity index (χ4v) is 8.79. The minimum Gasteiger partial charge on any atom is -0.480 e. The van der Waals surface area contributed by atoms with Crippen LogP contribution >= 0.6 is 23.2 Å². The van der Waals surface area contributed by atoms with Crippen molar-refractivity contribution in [1.29, 1.82) is 10.5 Å². The number of ether oxygens (including phenoxy) is 1. The van der Waals surface area contributed by atoms with Gasteiger partial charge in [0.25, 0.3) is 0 Å². The highest BCUT2D eigenvalue weighted by Crippen LogP contribution is 2.49. The average Bonchev–Trinajstić information content (AvgIpc) is 3.21. The number of esters is 1. The number of aliphatic carboxylic acids is 1. The molecule has 1 N–H and O–H groups in total. The molecular formula is C47H50Cl2N2O4. The molecule has 0 saturated heterocycles. The molecule has 5 unspecified atom stereocenters. The molecule has 6 nitrogen and oxygen atoms in total. The van der Waals surface area contributed by atoms with Gasteiger partial charge in [-0.3, -0.25) is 4.79 Å². The number of benzene rings is 4. The van der Waals surface area contributed by atoms with Gasteiger partial charge in [-0.1, -0.05) is 112 Å². The molecule has 8 heteroatoms. The standard InChI is InChI=1S/C24H26ClNO2.C23H24ClNO2/c1-2-3-5-17-7-9-18(10-8-17)19-11-13-20(14-12-19)22-21(25)6-4-15-24(22,16-26)23(27)28;1-2-4-17-6-8-18(9-7-17)19-10-12-21(13-11-19)27-22(26)23(16-25)14-3-5-20(24)15-23/h7-14,21-22H,2-6,15H2,1H3,(H,27,28);6-13,20H,2-5,14-15H2,1H3. The second-order valence-corrected chi connectivity index (χ2v) is 16.1. The summed E-state index contributed by atoms with van der Waals surface area (Å²) in [6.07, 6.45) is 9.89. The normalized spacial score (nSPS) is 23.3. The third kappa shape index (κ3) is 9.98. The highest BCUT2D eigenvalue weighted by molar-refractivity contribution is 6.21. The minimum absolute atomic E-state index is 0.149. The van der Waals surface area contributed by atoms with Crippen molar-refractivity contribution in [2.24, 2.45) is 10.8 Å². The molecule has 0 bridgehead atoms. The van der Waals surface area contributed by atoms with Crippen LogP contribution in [0.2, 0.25) is 0 Å². The van der Waals surface area contributed by atoms with Gasteiger partial charge >= 0.3 is 11.9 Å². The molecule has 55 heavy (non-hydrogen) atoms. The summed E-state index contributed by atoms with van der Waals surface area (Å²) in [4.78, 5) is 24.6. The van der Waals surface area contributed by atoms with Gasteiger partial charge in [0.1, 0.15) is 5.75 Å². The lowest BCUT2D eigenvalue weighted by Crippen LogP contribution is -2.43. The molecule has 2 aliphatic carbocycles. The molecule has 0 heterocycles. The highest BCUT2D eigenvalue weighted by atomic mass is 35.5. The van der Waals surface area contributed by atoms with E-state index in [1.54, 1.807) is 12.1 Å². The van der Waals surface area contributed by atoms with Crippen LogP contribution in [0.5, 0.6) is 5.75 Å². The summed E-state index contributed by atoms with van der Waals surface area (Å²) < 4.78 is 5.52. The average molecular weight is 778 g/mol. The molecule has 0 radical (unpaired) electrons. The first-order valence-electron chi connectivity index (χ1n) is 19.5. The van der Waals surface area contributed by atoms with E-state index < -0.39 is 28.7 Å². The Morgan fingerprint density at radius 2 is 1.25 bits per heavy atom. The van der Waals surface area contributed by atoms with Crippen molar-refractivity contribution in [2.75, 3.05) is 0 Å². The Balaban J connectivity index is 0.000000211. The molecule has 2 saturated carbocycles. The molecule has 0 spiro atoms. The maximum atomic E-state index is 12.6. The predicted molar refractivity (Wildman–Crippen MR) is 220 cm³/mol. The number of halogens is 2. The summed E-state index contributed by atoms with van der Waals surface area (Å²) in [5.74, 6) is -1.61. The molecule has 0 aliphatic heterocycles. The van der Waals surface area contributed by atoms with Gasteiger partial charge in [-0.05, 0) is 115 Å². The molecule has 5 atom stereocenters. The summed E-state index contributed by atoms with van der Waals surface area (Å²) in [6.45, 7) is 4.37. The number of carbonyl (C=O) groups is 2. The van der Waals surface area contributed by atoms with E-state index in [-0.39, 0.29) is 10.8 Å². The number of nitriles is 2. The van der Waals surface area contributed by atoms with Crippen LogP contribution in [-0.4, -0.2) is 27.8 Å². The minimum atomic E-state index is -1.45. The van der Waals surface area contributed by atoms with Crippen LogP contribution in [-0.2, 0) is 22.4 Å². The fraction of sp³-hybridized carbons (Fsp3) is 0.404. The van der Waals surface area contributed by atoms with Crippen molar-refractivity contribution in [3.63, 3.8) is 0 Å². The van der Waals surface area contributed by atoms with E-state index in [0.29, 0.717) is 31.4 Å². The summed E-state index contributed by atoms with van der Waals surface area (Å²) in [5, 5.41) is 28.5. The van der Waals surface area contributed by atoms with E-state index in [2.05, 4.69) is 74.5 Å². The van der Waals surface area contributed by atoms with Gasteiger partial charge in [0.05, 0.1) is 12.1 Å². The van der Waals surface area contributed by atoms with Gasteiger partial charge in [0.15, 0.2) is 10.8 Å². The van der Waals surface area contributed by atoms with E-state index >= 15 is 0 Å².